The van der Waals surface area contributed by atoms with Crippen LogP contribution in [0, 0.1) is 0 Å². The molecular weight excluding hydrogens is 372 g/mol. The van der Waals surface area contributed by atoms with Crippen LogP contribution in [0.15, 0.2) is 96.0 Å². The Labute approximate surface area is 167 Å². The van der Waals surface area contributed by atoms with Gasteiger partial charge in [-0.2, -0.15) is 0 Å². The maximum absolute atomic E-state index is 12.3. The van der Waals surface area contributed by atoms with Crippen molar-refractivity contribution in [2.75, 3.05) is 4.90 Å². The first kappa shape index (κ1) is 18.3. The molecule has 6 heteroatoms. The molecule has 0 amide bonds. The maximum Gasteiger partial charge on any atom is 0.359 e. The zero-order valence-corrected chi connectivity index (χ0v) is 15.7. The van der Waals surface area contributed by atoms with Gasteiger partial charge >= 0.3 is 5.97 Å². The molecule has 1 fully saturated rings. The van der Waals surface area contributed by atoms with E-state index in [0.717, 1.165) is 5.56 Å². The van der Waals surface area contributed by atoms with Crippen molar-refractivity contribution in [3.05, 3.63) is 96.6 Å². The summed E-state index contributed by atoms with van der Waals surface area (Å²) in [5.41, 5.74) is -0.210. The van der Waals surface area contributed by atoms with E-state index < -0.39 is 16.9 Å². The summed E-state index contributed by atoms with van der Waals surface area (Å²) in [5, 5.41) is 21.2. The summed E-state index contributed by atoms with van der Waals surface area (Å²) in [4.78, 5) is 18.4. The lowest BCUT2D eigenvalue weighted by atomic mass is 10.00. The highest BCUT2D eigenvalue weighted by atomic mass is 32.2. The Kier molecular flexibility index (Phi) is 4.90. The zero-order chi connectivity index (χ0) is 19.6. The number of hydrogen-bond donors (Lipinski definition) is 2. The number of carbonyl (C=O) groups is 1. The van der Waals surface area contributed by atoms with Crippen LogP contribution in [0.4, 0.5) is 11.4 Å². The van der Waals surface area contributed by atoms with Gasteiger partial charge in [-0.15, -0.1) is 0 Å². The number of rotatable bonds is 4. The van der Waals surface area contributed by atoms with E-state index in [0.29, 0.717) is 16.5 Å². The lowest BCUT2D eigenvalue weighted by molar-refractivity contribution is -0.157. The van der Waals surface area contributed by atoms with Gasteiger partial charge in [0.25, 0.3) is 5.72 Å². The second kappa shape index (κ2) is 7.50. The highest BCUT2D eigenvalue weighted by Gasteiger charge is 2.58. The Balaban J connectivity index is 1.90. The van der Waals surface area contributed by atoms with Gasteiger partial charge in [-0.1, -0.05) is 78.5 Å². The summed E-state index contributed by atoms with van der Waals surface area (Å²) >= 11 is 1.24. The van der Waals surface area contributed by atoms with Crippen molar-refractivity contribution >= 4 is 34.3 Å². The zero-order valence-electron chi connectivity index (χ0n) is 14.8. The van der Waals surface area contributed by atoms with Crippen LogP contribution in [-0.2, 0) is 4.79 Å². The molecule has 0 spiro atoms. The van der Waals surface area contributed by atoms with E-state index in [-0.39, 0.29) is 0 Å². The fourth-order valence-corrected chi connectivity index (χ4v) is 4.60. The molecule has 2 N–H and O–H groups in total. The first-order valence-electron chi connectivity index (χ1n) is 8.77. The fourth-order valence-electron chi connectivity index (χ4n) is 3.21. The number of para-hydroxylation sites is 2. The number of aliphatic carboxylic acids is 1. The van der Waals surface area contributed by atoms with Crippen LogP contribution >= 0.6 is 11.8 Å². The van der Waals surface area contributed by atoms with E-state index in [1.54, 1.807) is 24.3 Å². The number of hydrogen-bond acceptors (Lipinski definition) is 4. The van der Waals surface area contributed by atoms with E-state index in [9.17, 15) is 15.0 Å². The van der Waals surface area contributed by atoms with Gasteiger partial charge in [0.05, 0.1) is 10.9 Å². The molecule has 4 rings (SSSR count). The normalized spacial score (nSPS) is 23.1. The molecule has 3 aromatic carbocycles. The molecule has 0 radical (unpaired) electrons. The number of thioether (sulfide) groups is 1. The average Bonchev–Trinajstić information content (AvgIpc) is 3.03. The Morgan fingerprint density at radius 3 is 2.00 bits per heavy atom. The van der Waals surface area contributed by atoms with Crippen molar-refractivity contribution in [1.29, 1.82) is 0 Å². The highest BCUT2D eigenvalue weighted by Crippen LogP contribution is 2.51. The number of aliphatic imine (C=N–C) groups is 1. The molecule has 2 unspecified atom stereocenters. The first-order chi connectivity index (χ1) is 13.6. The smallest absolute Gasteiger partial charge is 0.359 e. The number of benzene rings is 3. The fraction of sp³-hybridized carbons (Fsp3) is 0.0909. The lowest BCUT2D eigenvalue weighted by Crippen LogP contribution is -2.55. The quantitative estimate of drug-likeness (QED) is 0.689. The molecule has 3 aromatic rings. The summed E-state index contributed by atoms with van der Waals surface area (Å²) in [6.07, 6.45) is 0. The van der Waals surface area contributed by atoms with Crippen LogP contribution in [0.2, 0.25) is 0 Å². The first-order valence-corrected chi connectivity index (χ1v) is 9.65. The van der Waals surface area contributed by atoms with Gasteiger partial charge < -0.3 is 10.2 Å². The molecule has 1 aliphatic rings. The third kappa shape index (κ3) is 3.17. The molecule has 1 heterocycles. The number of aliphatic hydroxyl groups is 1. The molecular formula is C22H18N2O3S. The van der Waals surface area contributed by atoms with Crippen LogP contribution in [0.3, 0.4) is 0 Å². The van der Waals surface area contributed by atoms with Gasteiger partial charge in [0.15, 0.2) is 5.17 Å². The van der Waals surface area contributed by atoms with Gasteiger partial charge in [0.2, 0.25) is 0 Å². The minimum absolute atomic E-state index is 0.427. The van der Waals surface area contributed by atoms with Crippen molar-refractivity contribution in [2.45, 2.75) is 11.0 Å². The molecule has 1 saturated heterocycles. The van der Waals surface area contributed by atoms with Crippen molar-refractivity contribution in [3.8, 4) is 0 Å². The largest absolute Gasteiger partial charge is 0.478 e. The molecule has 28 heavy (non-hydrogen) atoms. The average molecular weight is 390 g/mol. The predicted octanol–water partition coefficient (Wildman–Crippen LogP) is 4.44. The third-order valence-corrected chi connectivity index (χ3v) is 5.85. The number of nitrogens with zero attached hydrogens (tertiary/aromatic N) is 2. The van der Waals surface area contributed by atoms with Gasteiger partial charge in [0.1, 0.15) is 0 Å². The molecule has 0 aliphatic carbocycles. The number of amidine groups is 1. The van der Waals surface area contributed by atoms with Gasteiger partial charge in [-0.05, 0) is 29.8 Å². The molecule has 5 nitrogen and oxygen atoms in total. The third-order valence-electron chi connectivity index (χ3n) is 4.53. The molecule has 1 aliphatic heterocycles. The van der Waals surface area contributed by atoms with Crippen molar-refractivity contribution in [1.82, 2.24) is 0 Å². The van der Waals surface area contributed by atoms with Crippen LogP contribution in [-0.4, -0.2) is 27.1 Å². The van der Waals surface area contributed by atoms with Gasteiger partial charge in [-0.25, -0.2) is 9.79 Å². The minimum atomic E-state index is -2.18. The molecule has 0 aromatic heterocycles. The monoisotopic (exact) mass is 390 g/mol. The SMILES string of the molecule is O=C(O)C1(O)C(c2ccccc2)SC(=Nc2ccccc2)N1c1ccccc1. The van der Waals surface area contributed by atoms with Crippen molar-refractivity contribution < 1.29 is 15.0 Å². The summed E-state index contributed by atoms with van der Waals surface area (Å²) in [6, 6.07) is 27.4. The predicted molar refractivity (Wildman–Crippen MR) is 112 cm³/mol. The van der Waals surface area contributed by atoms with Crippen LogP contribution in [0.25, 0.3) is 0 Å². The van der Waals surface area contributed by atoms with Crippen molar-refractivity contribution in [3.63, 3.8) is 0 Å². The summed E-state index contributed by atoms with van der Waals surface area (Å²) in [5.74, 6) is -1.32. The second-order valence-corrected chi connectivity index (χ2v) is 7.41. The Bertz CT molecular complexity index is 996. The standard InChI is InChI=1S/C22H18N2O3S/c25-20(26)22(27)19(16-10-4-1-5-11-16)28-21(23-17-12-6-2-7-13-17)24(22)18-14-8-3-9-15-18/h1-15,19,27H,(H,25,26). The maximum atomic E-state index is 12.3. The number of carboxylic acids is 1. The van der Waals surface area contributed by atoms with Gasteiger partial charge in [-0.3, -0.25) is 4.90 Å². The Morgan fingerprint density at radius 2 is 1.43 bits per heavy atom. The Morgan fingerprint density at radius 1 is 0.893 bits per heavy atom. The van der Waals surface area contributed by atoms with E-state index >= 15 is 0 Å². The summed E-state index contributed by atoms with van der Waals surface area (Å²) in [6.45, 7) is 0. The van der Waals surface area contributed by atoms with Crippen molar-refractivity contribution in [2.24, 2.45) is 4.99 Å². The minimum Gasteiger partial charge on any atom is -0.478 e. The van der Waals surface area contributed by atoms with E-state index in [4.69, 9.17) is 0 Å². The molecule has 0 saturated carbocycles. The van der Waals surface area contributed by atoms with Crippen LogP contribution in [0.5, 0.6) is 0 Å². The van der Waals surface area contributed by atoms with E-state index in [1.807, 2.05) is 66.7 Å². The summed E-state index contributed by atoms with van der Waals surface area (Å²) < 4.78 is 0. The van der Waals surface area contributed by atoms with Crippen LogP contribution in [0.1, 0.15) is 10.8 Å². The molecule has 140 valence electrons. The molecule has 0 bridgehead atoms. The molecule has 2 atom stereocenters. The highest BCUT2D eigenvalue weighted by molar-refractivity contribution is 8.15. The number of anilines is 1. The van der Waals surface area contributed by atoms with E-state index in [2.05, 4.69) is 4.99 Å². The Hall–Kier alpha value is -3.09. The number of carboxylic acid groups (broad SMARTS) is 1. The topological polar surface area (TPSA) is 73.1 Å². The second-order valence-electron chi connectivity index (χ2n) is 6.34. The lowest BCUT2D eigenvalue weighted by Gasteiger charge is -2.33. The van der Waals surface area contributed by atoms with Crippen LogP contribution < -0.4 is 4.90 Å². The van der Waals surface area contributed by atoms with E-state index in [1.165, 1.54) is 16.7 Å². The van der Waals surface area contributed by atoms with Gasteiger partial charge in [0, 0.05) is 5.69 Å². The summed E-state index contributed by atoms with van der Waals surface area (Å²) in [7, 11) is 0.